The molecule has 0 bridgehead atoms. The summed E-state index contributed by atoms with van der Waals surface area (Å²) in [7, 11) is 3.68. The van der Waals surface area contributed by atoms with Crippen LogP contribution in [0.5, 0.6) is 0 Å². The average molecular weight is 530 g/mol. The lowest BCUT2D eigenvalue weighted by atomic mass is 9.85. The molecule has 0 saturated heterocycles. The lowest BCUT2D eigenvalue weighted by Gasteiger charge is -2.29. The van der Waals surface area contributed by atoms with E-state index in [9.17, 15) is 4.79 Å². The molecule has 0 spiro atoms. The highest BCUT2D eigenvalue weighted by atomic mass is 127. The van der Waals surface area contributed by atoms with Gasteiger partial charge in [0.2, 0.25) is 5.91 Å². The molecule has 0 heterocycles. The third-order valence-corrected chi connectivity index (χ3v) is 5.55. The van der Waals surface area contributed by atoms with Gasteiger partial charge in [0.05, 0.1) is 18.1 Å². The van der Waals surface area contributed by atoms with Gasteiger partial charge in [-0.15, -0.1) is 24.0 Å². The van der Waals surface area contributed by atoms with Gasteiger partial charge in [0, 0.05) is 33.8 Å². The summed E-state index contributed by atoms with van der Waals surface area (Å²) < 4.78 is 5.93. The van der Waals surface area contributed by atoms with Crippen molar-refractivity contribution in [2.75, 3.05) is 40.3 Å². The first-order valence-corrected chi connectivity index (χ1v) is 10.9. The molecule has 1 atom stereocenters. The number of rotatable bonds is 10. The van der Waals surface area contributed by atoms with Crippen molar-refractivity contribution in [3.05, 3.63) is 35.9 Å². The summed E-state index contributed by atoms with van der Waals surface area (Å²) in [4.78, 5) is 19.2. The number of ether oxygens (including phenoxy) is 1. The van der Waals surface area contributed by atoms with E-state index in [-0.39, 0.29) is 41.4 Å². The highest BCUT2D eigenvalue weighted by molar-refractivity contribution is 14.0. The van der Waals surface area contributed by atoms with E-state index in [1.165, 1.54) is 5.56 Å². The predicted molar refractivity (Wildman–Crippen MR) is 134 cm³/mol. The van der Waals surface area contributed by atoms with E-state index in [4.69, 9.17) is 9.73 Å². The van der Waals surface area contributed by atoms with Gasteiger partial charge in [0.25, 0.3) is 0 Å². The normalized spacial score (nSPS) is 16.5. The topological polar surface area (TPSA) is 66.0 Å². The molecule has 2 rings (SSSR count). The fraction of sp³-hybridized carbons (Fsp3) is 0.652. The molecule has 0 aromatic heterocycles. The molecule has 6 nitrogen and oxygen atoms in total. The van der Waals surface area contributed by atoms with Crippen LogP contribution in [0.4, 0.5) is 0 Å². The molecule has 1 fully saturated rings. The van der Waals surface area contributed by atoms with Gasteiger partial charge in [0.15, 0.2) is 5.96 Å². The van der Waals surface area contributed by atoms with Crippen molar-refractivity contribution in [2.24, 2.45) is 10.4 Å². The van der Waals surface area contributed by atoms with Crippen LogP contribution in [0.15, 0.2) is 35.3 Å². The van der Waals surface area contributed by atoms with Crippen LogP contribution in [-0.2, 0) is 9.53 Å². The van der Waals surface area contributed by atoms with Crippen LogP contribution in [0, 0.1) is 5.41 Å². The second-order valence-corrected chi connectivity index (χ2v) is 8.09. The van der Waals surface area contributed by atoms with Crippen LogP contribution in [-0.4, -0.2) is 57.1 Å². The van der Waals surface area contributed by atoms with Crippen LogP contribution < -0.4 is 10.6 Å². The second-order valence-electron chi connectivity index (χ2n) is 8.09. The number of amides is 1. The molecule has 1 unspecified atom stereocenters. The first-order chi connectivity index (χ1) is 14.0. The van der Waals surface area contributed by atoms with Gasteiger partial charge >= 0.3 is 0 Å². The fourth-order valence-corrected chi connectivity index (χ4v) is 3.90. The van der Waals surface area contributed by atoms with E-state index in [2.05, 4.69) is 36.6 Å². The molecule has 0 radical (unpaired) electrons. The van der Waals surface area contributed by atoms with Crippen molar-refractivity contribution in [3.63, 3.8) is 0 Å². The number of carbonyl (C=O) groups is 1. The smallest absolute Gasteiger partial charge is 0.230 e. The summed E-state index contributed by atoms with van der Waals surface area (Å²) in [6.45, 7) is 6.94. The predicted octanol–water partition coefficient (Wildman–Crippen LogP) is 3.98. The summed E-state index contributed by atoms with van der Waals surface area (Å²) in [6, 6.07) is 10.3. The molecular weight excluding hydrogens is 491 g/mol. The van der Waals surface area contributed by atoms with Gasteiger partial charge < -0.3 is 20.3 Å². The zero-order chi connectivity index (χ0) is 21.1. The summed E-state index contributed by atoms with van der Waals surface area (Å²) in [5.41, 5.74) is 0.864. The van der Waals surface area contributed by atoms with Crippen LogP contribution in [0.1, 0.15) is 57.6 Å². The van der Waals surface area contributed by atoms with E-state index < -0.39 is 0 Å². The number of hydrogen-bond donors (Lipinski definition) is 2. The molecule has 1 saturated carbocycles. The molecule has 1 amide bonds. The van der Waals surface area contributed by atoms with Crippen molar-refractivity contribution in [1.29, 1.82) is 0 Å². The summed E-state index contributed by atoms with van der Waals surface area (Å²) in [5.74, 6) is 0.985. The minimum Gasteiger partial charge on any atom is -0.374 e. The van der Waals surface area contributed by atoms with Gasteiger partial charge in [-0.25, -0.2) is 0 Å². The quantitative estimate of drug-likeness (QED) is 0.208. The van der Waals surface area contributed by atoms with Gasteiger partial charge in [-0.1, -0.05) is 43.2 Å². The van der Waals surface area contributed by atoms with Gasteiger partial charge in [0.1, 0.15) is 0 Å². The summed E-state index contributed by atoms with van der Waals surface area (Å²) in [6.07, 6.45) is 5.06. The van der Waals surface area contributed by atoms with Crippen molar-refractivity contribution in [3.8, 4) is 0 Å². The molecule has 1 aromatic rings. The minimum absolute atomic E-state index is 0. The first-order valence-electron chi connectivity index (χ1n) is 10.9. The summed E-state index contributed by atoms with van der Waals surface area (Å²) in [5, 5.41) is 6.67. The average Bonchev–Trinajstić information content (AvgIpc) is 3.21. The monoisotopic (exact) mass is 530 g/mol. The highest BCUT2D eigenvalue weighted by Crippen LogP contribution is 2.39. The SMILES string of the molecule is CCNC(=NCC1(C(=O)N(C)C)CCCC1)NCCCOC(C)c1ccccc1.I. The molecule has 30 heavy (non-hydrogen) atoms. The van der Waals surface area contributed by atoms with Crippen LogP contribution in [0.25, 0.3) is 0 Å². The first kappa shape index (κ1) is 26.7. The van der Waals surface area contributed by atoms with Crippen molar-refractivity contribution in [1.82, 2.24) is 15.5 Å². The number of nitrogens with one attached hydrogen (secondary N) is 2. The maximum Gasteiger partial charge on any atom is 0.230 e. The Bertz CT molecular complexity index is 646. The van der Waals surface area contributed by atoms with E-state index >= 15 is 0 Å². The Kier molecular flexibility index (Phi) is 12.3. The Morgan fingerprint density at radius 1 is 1.20 bits per heavy atom. The standard InChI is InChI=1S/C23H38N4O2.HI/c1-5-24-22(26-18-23(14-9-10-15-23)21(28)27(3)4)25-16-11-17-29-19(2)20-12-7-6-8-13-20;/h6-8,12-13,19H,5,9-11,14-18H2,1-4H3,(H2,24,25,26);1H. The maximum atomic E-state index is 12.7. The summed E-state index contributed by atoms with van der Waals surface area (Å²) >= 11 is 0. The Labute approximate surface area is 199 Å². The molecule has 0 aliphatic heterocycles. The third kappa shape index (κ3) is 8.06. The molecular formula is C23H39IN4O2. The maximum absolute atomic E-state index is 12.7. The lowest BCUT2D eigenvalue weighted by molar-refractivity contribution is -0.138. The number of benzene rings is 1. The molecule has 1 aliphatic carbocycles. The number of aliphatic imine (C=N–C) groups is 1. The second kappa shape index (κ2) is 13.9. The van der Waals surface area contributed by atoms with Crippen LogP contribution >= 0.6 is 24.0 Å². The highest BCUT2D eigenvalue weighted by Gasteiger charge is 2.42. The number of hydrogen-bond acceptors (Lipinski definition) is 3. The van der Waals surface area contributed by atoms with Crippen molar-refractivity contribution in [2.45, 2.75) is 52.1 Å². The molecule has 2 N–H and O–H groups in total. The Morgan fingerprint density at radius 2 is 1.87 bits per heavy atom. The molecule has 1 aromatic carbocycles. The molecule has 170 valence electrons. The Hall–Kier alpha value is -1.35. The van der Waals surface area contributed by atoms with E-state index in [1.54, 1.807) is 4.90 Å². The van der Waals surface area contributed by atoms with E-state index in [0.717, 1.165) is 51.2 Å². The zero-order valence-electron chi connectivity index (χ0n) is 18.9. The lowest BCUT2D eigenvalue weighted by Crippen LogP contribution is -2.43. The zero-order valence-corrected chi connectivity index (χ0v) is 21.3. The van der Waals surface area contributed by atoms with E-state index in [1.807, 2.05) is 32.3 Å². The molecule has 1 aliphatic rings. The number of carbonyl (C=O) groups excluding carboxylic acids is 1. The van der Waals surface area contributed by atoms with Crippen LogP contribution in [0.3, 0.4) is 0 Å². The number of halogens is 1. The van der Waals surface area contributed by atoms with Gasteiger partial charge in [-0.2, -0.15) is 0 Å². The number of nitrogens with zero attached hydrogens (tertiary/aromatic N) is 2. The third-order valence-electron chi connectivity index (χ3n) is 5.55. The Balaban J connectivity index is 0.00000450. The van der Waals surface area contributed by atoms with Crippen LogP contribution in [0.2, 0.25) is 0 Å². The number of guanidine groups is 1. The molecule has 7 heteroatoms. The Morgan fingerprint density at radius 3 is 2.47 bits per heavy atom. The van der Waals surface area contributed by atoms with E-state index in [0.29, 0.717) is 13.2 Å². The van der Waals surface area contributed by atoms with Crippen molar-refractivity contribution >= 4 is 35.8 Å². The van der Waals surface area contributed by atoms with Gasteiger partial charge in [-0.3, -0.25) is 9.79 Å². The largest absolute Gasteiger partial charge is 0.374 e. The minimum atomic E-state index is -0.333. The van der Waals surface area contributed by atoms with Crippen molar-refractivity contribution < 1.29 is 9.53 Å². The fourth-order valence-electron chi connectivity index (χ4n) is 3.90. The van der Waals surface area contributed by atoms with Gasteiger partial charge in [-0.05, 0) is 38.7 Å².